The molecular weight excluding hydrogens is 251 g/mol. The summed E-state index contributed by atoms with van der Waals surface area (Å²) in [5.41, 5.74) is 0.919. The van der Waals surface area contributed by atoms with Crippen molar-refractivity contribution in [2.45, 2.75) is 19.4 Å². The Labute approximate surface area is 111 Å². The van der Waals surface area contributed by atoms with Gasteiger partial charge in [-0.05, 0) is 31.0 Å². The predicted octanol–water partition coefficient (Wildman–Crippen LogP) is 1.23. The van der Waals surface area contributed by atoms with Crippen molar-refractivity contribution in [2.24, 2.45) is 0 Å². The van der Waals surface area contributed by atoms with E-state index in [2.05, 4.69) is 15.4 Å². The molecule has 0 saturated carbocycles. The van der Waals surface area contributed by atoms with Gasteiger partial charge in [-0.1, -0.05) is 12.1 Å². The van der Waals surface area contributed by atoms with Crippen LogP contribution in [0.2, 0.25) is 0 Å². The van der Waals surface area contributed by atoms with E-state index in [0.29, 0.717) is 13.0 Å². The fourth-order valence-electron chi connectivity index (χ4n) is 1.45. The molecule has 104 valence electrons. The van der Waals surface area contributed by atoms with Crippen LogP contribution in [0.3, 0.4) is 0 Å². The van der Waals surface area contributed by atoms with Gasteiger partial charge in [0.25, 0.3) is 0 Å². The maximum atomic E-state index is 12.7. The lowest BCUT2D eigenvalue weighted by atomic mass is 10.1. The Hall–Kier alpha value is -2.11. The number of carbonyl (C=O) groups excluding carboxylic acids is 2. The molecule has 5 nitrogen and oxygen atoms in total. The molecule has 0 aliphatic rings. The van der Waals surface area contributed by atoms with E-state index < -0.39 is 18.0 Å². The van der Waals surface area contributed by atoms with Crippen molar-refractivity contribution in [3.63, 3.8) is 0 Å². The van der Waals surface area contributed by atoms with Gasteiger partial charge in [-0.3, -0.25) is 0 Å². The second-order valence-electron chi connectivity index (χ2n) is 4.02. The van der Waals surface area contributed by atoms with Crippen LogP contribution in [-0.4, -0.2) is 31.7 Å². The highest BCUT2D eigenvalue weighted by molar-refractivity contribution is 5.83. The number of ether oxygens (including phenoxy) is 1. The van der Waals surface area contributed by atoms with Gasteiger partial charge in [-0.15, -0.1) is 0 Å². The van der Waals surface area contributed by atoms with Crippen LogP contribution in [0.1, 0.15) is 12.5 Å². The summed E-state index contributed by atoms with van der Waals surface area (Å²) < 4.78 is 17.1. The van der Waals surface area contributed by atoms with Crippen molar-refractivity contribution in [3.8, 4) is 0 Å². The summed E-state index contributed by atoms with van der Waals surface area (Å²) in [6.45, 7) is 1.93. The number of nitrogens with one attached hydrogen (secondary N) is 2. The first-order valence-corrected chi connectivity index (χ1v) is 5.89. The molecule has 0 fully saturated rings. The standard InChI is InChI=1S/C13H17FN2O3/c1-9(12(17)19-2)16-13(18)15-8-7-10-3-5-11(14)6-4-10/h3-6,9H,7-8H2,1-2H3,(H2,15,16,18)/t9-/m0/s1. The smallest absolute Gasteiger partial charge is 0.328 e. The lowest BCUT2D eigenvalue weighted by molar-refractivity contribution is -0.142. The molecule has 0 heterocycles. The van der Waals surface area contributed by atoms with Crippen molar-refractivity contribution < 1.29 is 18.7 Å². The average Bonchev–Trinajstić information content (AvgIpc) is 2.40. The molecule has 6 heteroatoms. The van der Waals surface area contributed by atoms with E-state index in [0.717, 1.165) is 5.56 Å². The number of rotatable bonds is 5. The van der Waals surface area contributed by atoms with Gasteiger partial charge in [0.2, 0.25) is 0 Å². The zero-order valence-electron chi connectivity index (χ0n) is 10.9. The van der Waals surface area contributed by atoms with Crippen molar-refractivity contribution in [2.75, 3.05) is 13.7 Å². The average molecular weight is 268 g/mol. The first kappa shape index (κ1) is 14.9. The zero-order valence-corrected chi connectivity index (χ0v) is 10.9. The van der Waals surface area contributed by atoms with Gasteiger partial charge < -0.3 is 15.4 Å². The number of urea groups is 1. The molecule has 0 unspecified atom stereocenters. The summed E-state index contributed by atoms with van der Waals surface area (Å²) in [5.74, 6) is -0.796. The summed E-state index contributed by atoms with van der Waals surface area (Å²) in [5, 5.41) is 5.05. The van der Waals surface area contributed by atoms with Crippen molar-refractivity contribution in [3.05, 3.63) is 35.6 Å². The third-order valence-corrected chi connectivity index (χ3v) is 2.51. The third kappa shape index (κ3) is 5.37. The lowest BCUT2D eigenvalue weighted by Gasteiger charge is -2.12. The van der Waals surface area contributed by atoms with E-state index in [1.807, 2.05) is 0 Å². The summed E-state index contributed by atoms with van der Waals surface area (Å²) in [6, 6.07) is 4.91. The zero-order chi connectivity index (χ0) is 14.3. The summed E-state index contributed by atoms with van der Waals surface area (Å²) >= 11 is 0. The fraction of sp³-hybridized carbons (Fsp3) is 0.385. The van der Waals surface area contributed by atoms with Gasteiger partial charge >= 0.3 is 12.0 Å². The van der Waals surface area contributed by atoms with Crippen LogP contribution in [0, 0.1) is 5.82 Å². The molecule has 2 amide bonds. The molecule has 1 aromatic rings. The minimum atomic E-state index is -0.698. The molecule has 1 rings (SSSR count). The van der Waals surface area contributed by atoms with Crippen LogP contribution in [0.5, 0.6) is 0 Å². The van der Waals surface area contributed by atoms with Gasteiger partial charge in [-0.2, -0.15) is 0 Å². The maximum Gasteiger partial charge on any atom is 0.328 e. The largest absolute Gasteiger partial charge is 0.467 e. The molecule has 0 spiro atoms. The minimum Gasteiger partial charge on any atom is -0.467 e. The van der Waals surface area contributed by atoms with Crippen molar-refractivity contribution in [1.29, 1.82) is 0 Å². The molecule has 0 saturated heterocycles. The van der Waals surface area contributed by atoms with Crippen LogP contribution >= 0.6 is 0 Å². The first-order chi connectivity index (χ1) is 9.02. The number of hydrogen-bond acceptors (Lipinski definition) is 3. The van der Waals surface area contributed by atoms with Crippen LogP contribution in [0.15, 0.2) is 24.3 Å². The van der Waals surface area contributed by atoms with E-state index >= 15 is 0 Å². The Balaban J connectivity index is 2.27. The second kappa shape index (κ2) is 7.35. The number of methoxy groups -OCH3 is 1. The second-order valence-corrected chi connectivity index (χ2v) is 4.02. The van der Waals surface area contributed by atoms with E-state index in [1.54, 1.807) is 12.1 Å². The van der Waals surface area contributed by atoms with E-state index in [4.69, 9.17) is 0 Å². The number of esters is 1. The number of amides is 2. The molecule has 0 radical (unpaired) electrons. The Morgan fingerprint density at radius 3 is 2.53 bits per heavy atom. The van der Waals surface area contributed by atoms with Gasteiger partial charge in [0.15, 0.2) is 0 Å². The van der Waals surface area contributed by atoms with Gasteiger partial charge in [0.05, 0.1) is 7.11 Å². The molecule has 2 N–H and O–H groups in total. The third-order valence-electron chi connectivity index (χ3n) is 2.51. The Bertz CT molecular complexity index is 434. The monoisotopic (exact) mass is 268 g/mol. The molecular formula is C13H17FN2O3. The number of carbonyl (C=O) groups is 2. The topological polar surface area (TPSA) is 67.4 Å². The Morgan fingerprint density at radius 1 is 1.32 bits per heavy atom. The van der Waals surface area contributed by atoms with Gasteiger partial charge in [0, 0.05) is 6.54 Å². The fourth-order valence-corrected chi connectivity index (χ4v) is 1.45. The van der Waals surface area contributed by atoms with Gasteiger partial charge in [0.1, 0.15) is 11.9 Å². The summed E-state index contributed by atoms with van der Waals surface area (Å²) in [6.07, 6.45) is 0.584. The Morgan fingerprint density at radius 2 is 1.95 bits per heavy atom. The summed E-state index contributed by atoms with van der Waals surface area (Å²) in [7, 11) is 1.26. The van der Waals surface area contributed by atoms with Crippen LogP contribution in [0.25, 0.3) is 0 Å². The lowest BCUT2D eigenvalue weighted by Crippen LogP contribution is -2.45. The quantitative estimate of drug-likeness (QED) is 0.789. The van der Waals surface area contributed by atoms with Crippen LogP contribution < -0.4 is 10.6 Å². The normalized spacial score (nSPS) is 11.5. The molecule has 1 aromatic carbocycles. The highest BCUT2D eigenvalue weighted by Crippen LogP contribution is 2.02. The van der Waals surface area contributed by atoms with Crippen LogP contribution in [0.4, 0.5) is 9.18 Å². The van der Waals surface area contributed by atoms with Gasteiger partial charge in [-0.25, -0.2) is 14.0 Å². The predicted molar refractivity (Wildman–Crippen MR) is 68.1 cm³/mol. The molecule has 0 aliphatic carbocycles. The minimum absolute atomic E-state index is 0.290. The SMILES string of the molecule is COC(=O)[C@H](C)NC(=O)NCCc1ccc(F)cc1. The van der Waals surface area contributed by atoms with E-state index in [1.165, 1.54) is 26.2 Å². The molecule has 0 bridgehead atoms. The molecule has 0 aromatic heterocycles. The van der Waals surface area contributed by atoms with Crippen LogP contribution in [-0.2, 0) is 16.0 Å². The maximum absolute atomic E-state index is 12.7. The van der Waals surface area contributed by atoms with Crippen molar-refractivity contribution in [1.82, 2.24) is 10.6 Å². The highest BCUT2D eigenvalue weighted by Gasteiger charge is 2.14. The van der Waals surface area contributed by atoms with E-state index in [-0.39, 0.29) is 5.82 Å². The van der Waals surface area contributed by atoms with E-state index in [9.17, 15) is 14.0 Å². The first-order valence-electron chi connectivity index (χ1n) is 5.89. The number of hydrogen-bond donors (Lipinski definition) is 2. The highest BCUT2D eigenvalue weighted by atomic mass is 19.1. The number of benzene rings is 1. The Kier molecular flexibility index (Phi) is 5.78. The molecule has 19 heavy (non-hydrogen) atoms. The van der Waals surface area contributed by atoms with Crippen molar-refractivity contribution >= 4 is 12.0 Å². The molecule has 0 aliphatic heterocycles. The molecule has 1 atom stereocenters. The number of halogens is 1. The summed E-state index contributed by atoms with van der Waals surface area (Å²) in [4.78, 5) is 22.5.